The third kappa shape index (κ3) is 1.35. The fraction of sp³-hybridized carbons (Fsp3) is 0.400. The van der Waals surface area contributed by atoms with Crippen molar-refractivity contribution in [3.63, 3.8) is 0 Å². The number of amides is 1. The highest BCUT2D eigenvalue weighted by Gasteiger charge is 2.31. The average Bonchev–Trinajstić information content (AvgIpc) is 2.14. The third-order valence-electron chi connectivity index (χ3n) is 2.90. The van der Waals surface area contributed by atoms with Gasteiger partial charge in [-0.3, -0.25) is 9.78 Å². The molecule has 2 aliphatic rings. The van der Waals surface area contributed by atoms with Crippen LogP contribution >= 0.6 is 0 Å². The molecule has 2 aliphatic heterocycles. The van der Waals surface area contributed by atoms with E-state index in [2.05, 4.69) is 20.5 Å². The Morgan fingerprint density at radius 3 is 3.07 bits per heavy atom. The molecular weight excluding hydrogens is 192 g/mol. The molecule has 0 atom stereocenters. The Morgan fingerprint density at radius 1 is 1.47 bits per heavy atom. The monoisotopic (exact) mass is 204 g/mol. The van der Waals surface area contributed by atoms with Crippen LogP contribution in [0.2, 0.25) is 0 Å². The maximum atomic E-state index is 11.5. The maximum absolute atomic E-state index is 11.5. The standard InChI is InChI=1S/C10H12N4O/c15-10-6-14(7-3-12-4-7)9-5-11-2-1-8(9)13-10/h1-2,5,7,12H,3-4,6H2,(H,13,15). The summed E-state index contributed by atoms with van der Waals surface area (Å²) in [7, 11) is 0. The second kappa shape index (κ2) is 3.20. The maximum Gasteiger partial charge on any atom is 0.243 e. The Bertz CT molecular complexity index is 402. The fourth-order valence-corrected chi connectivity index (χ4v) is 1.97. The van der Waals surface area contributed by atoms with E-state index in [0.29, 0.717) is 12.6 Å². The van der Waals surface area contributed by atoms with Crippen molar-refractivity contribution in [2.24, 2.45) is 0 Å². The van der Waals surface area contributed by atoms with E-state index < -0.39 is 0 Å². The quantitative estimate of drug-likeness (QED) is 0.666. The molecule has 1 amide bonds. The molecule has 5 heteroatoms. The predicted octanol–water partition coefficient (Wildman–Crippen LogP) is -0.188. The van der Waals surface area contributed by atoms with E-state index in [0.717, 1.165) is 24.5 Å². The number of aromatic nitrogens is 1. The number of carbonyl (C=O) groups excluding carboxylic acids is 1. The van der Waals surface area contributed by atoms with Gasteiger partial charge in [0.15, 0.2) is 0 Å². The number of hydrogen-bond donors (Lipinski definition) is 2. The van der Waals surface area contributed by atoms with Gasteiger partial charge >= 0.3 is 0 Å². The van der Waals surface area contributed by atoms with Crippen molar-refractivity contribution in [1.82, 2.24) is 10.3 Å². The molecule has 0 unspecified atom stereocenters. The van der Waals surface area contributed by atoms with Gasteiger partial charge in [0.2, 0.25) is 5.91 Å². The van der Waals surface area contributed by atoms with E-state index in [9.17, 15) is 4.79 Å². The molecule has 1 aromatic heterocycles. The number of hydrogen-bond acceptors (Lipinski definition) is 4. The number of nitrogens with one attached hydrogen (secondary N) is 2. The van der Waals surface area contributed by atoms with E-state index >= 15 is 0 Å². The van der Waals surface area contributed by atoms with Gasteiger partial charge in [0.25, 0.3) is 0 Å². The molecule has 0 aliphatic carbocycles. The molecule has 3 rings (SSSR count). The van der Waals surface area contributed by atoms with Gasteiger partial charge in [0, 0.05) is 19.3 Å². The van der Waals surface area contributed by atoms with E-state index in [4.69, 9.17) is 0 Å². The first-order valence-electron chi connectivity index (χ1n) is 5.06. The zero-order chi connectivity index (χ0) is 10.3. The van der Waals surface area contributed by atoms with E-state index in [1.54, 1.807) is 6.20 Å². The number of fused-ring (bicyclic) bond motifs is 1. The summed E-state index contributed by atoms with van der Waals surface area (Å²) in [6.07, 6.45) is 3.51. The first-order valence-corrected chi connectivity index (χ1v) is 5.06. The summed E-state index contributed by atoms with van der Waals surface area (Å²) in [5.41, 5.74) is 1.90. The highest BCUT2D eigenvalue weighted by Crippen LogP contribution is 2.30. The van der Waals surface area contributed by atoms with Crippen molar-refractivity contribution in [3.8, 4) is 0 Å². The minimum atomic E-state index is 0.0561. The molecule has 2 N–H and O–H groups in total. The van der Waals surface area contributed by atoms with Crippen LogP contribution in [0.25, 0.3) is 0 Å². The molecule has 15 heavy (non-hydrogen) atoms. The van der Waals surface area contributed by atoms with Crippen LogP contribution in [0.4, 0.5) is 11.4 Å². The molecule has 5 nitrogen and oxygen atoms in total. The van der Waals surface area contributed by atoms with Crippen LogP contribution in [0.1, 0.15) is 0 Å². The van der Waals surface area contributed by atoms with Crippen molar-refractivity contribution >= 4 is 17.3 Å². The second-order valence-electron chi connectivity index (χ2n) is 3.88. The highest BCUT2D eigenvalue weighted by atomic mass is 16.2. The van der Waals surface area contributed by atoms with Crippen molar-refractivity contribution in [2.45, 2.75) is 6.04 Å². The summed E-state index contributed by atoms with van der Waals surface area (Å²) in [5, 5.41) is 6.06. The topological polar surface area (TPSA) is 57.3 Å². The van der Waals surface area contributed by atoms with Gasteiger partial charge in [-0.2, -0.15) is 0 Å². The van der Waals surface area contributed by atoms with Crippen molar-refractivity contribution in [1.29, 1.82) is 0 Å². The molecule has 0 aromatic carbocycles. The Balaban J connectivity index is 1.98. The van der Waals surface area contributed by atoms with Gasteiger partial charge in [-0.05, 0) is 6.07 Å². The van der Waals surface area contributed by atoms with Crippen molar-refractivity contribution < 1.29 is 4.79 Å². The molecule has 1 fully saturated rings. The normalized spacial score (nSPS) is 20.5. The summed E-state index contributed by atoms with van der Waals surface area (Å²) in [6, 6.07) is 2.27. The van der Waals surface area contributed by atoms with E-state index in [1.807, 2.05) is 12.3 Å². The van der Waals surface area contributed by atoms with Gasteiger partial charge in [-0.25, -0.2) is 0 Å². The van der Waals surface area contributed by atoms with Crippen LogP contribution in [0, 0.1) is 0 Å². The Hall–Kier alpha value is -1.62. The zero-order valence-corrected chi connectivity index (χ0v) is 8.23. The minimum Gasteiger partial charge on any atom is -0.354 e. The van der Waals surface area contributed by atoms with Crippen molar-refractivity contribution in [3.05, 3.63) is 18.5 Å². The Labute approximate surface area is 87.5 Å². The second-order valence-corrected chi connectivity index (χ2v) is 3.88. The van der Waals surface area contributed by atoms with Gasteiger partial charge in [-0.15, -0.1) is 0 Å². The van der Waals surface area contributed by atoms with Crippen molar-refractivity contribution in [2.75, 3.05) is 29.9 Å². The van der Waals surface area contributed by atoms with Crippen LogP contribution in [-0.4, -0.2) is 36.6 Å². The van der Waals surface area contributed by atoms with Crippen LogP contribution in [0.3, 0.4) is 0 Å². The summed E-state index contributed by atoms with van der Waals surface area (Å²) in [5.74, 6) is 0.0561. The van der Waals surface area contributed by atoms with Gasteiger partial charge in [0.05, 0.1) is 30.2 Å². The summed E-state index contributed by atoms with van der Waals surface area (Å²) in [6.45, 7) is 2.33. The predicted molar refractivity (Wildman–Crippen MR) is 56.9 cm³/mol. The van der Waals surface area contributed by atoms with Gasteiger partial charge in [-0.1, -0.05) is 0 Å². The van der Waals surface area contributed by atoms with Crippen LogP contribution < -0.4 is 15.5 Å². The zero-order valence-electron chi connectivity index (χ0n) is 8.23. The first kappa shape index (κ1) is 8.67. The minimum absolute atomic E-state index is 0.0561. The Kier molecular flexibility index (Phi) is 1.85. The van der Waals surface area contributed by atoms with E-state index in [1.165, 1.54) is 0 Å². The lowest BCUT2D eigenvalue weighted by Crippen LogP contribution is -2.60. The largest absolute Gasteiger partial charge is 0.354 e. The lowest BCUT2D eigenvalue weighted by Gasteiger charge is -2.41. The molecule has 3 heterocycles. The summed E-state index contributed by atoms with van der Waals surface area (Å²) < 4.78 is 0. The SMILES string of the molecule is O=C1CN(C2CNC2)c2cnccc2N1. The Morgan fingerprint density at radius 2 is 2.33 bits per heavy atom. The third-order valence-corrected chi connectivity index (χ3v) is 2.90. The van der Waals surface area contributed by atoms with E-state index in [-0.39, 0.29) is 5.91 Å². The smallest absolute Gasteiger partial charge is 0.243 e. The summed E-state index contributed by atoms with van der Waals surface area (Å²) in [4.78, 5) is 17.7. The number of rotatable bonds is 1. The fourth-order valence-electron chi connectivity index (χ4n) is 1.97. The lowest BCUT2D eigenvalue weighted by molar-refractivity contribution is -0.115. The molecule has 1 saturated heterocycles. The molecule has 0 radical (unpaired) electrons. The summed E-state index contributed by atoms with van der Waals surface area (Å²) >= 11 is 0. The number of pyridine rings is 1. The molecule has 0 spiro atoms. The highest BCUT2D eigenvalue weighted by molar-refractivity contribution is 6.01. The van der Waals surface area contributed by atoms with Gasteiger partial charge < -0.3 is 15.5 Å². The van der Waals surface area contributed by atoms with Crippen LogP contribution in [0.5, 0.6) is 0 Å². The number of carbonyl (C=O) groups is 1. The molecule has 0 saturated carbocycles. The molecule has 1 aromatic rings. The van der Waals surface area contributed by atoms with Gasteiger partial charge in [0.1, 0.15) is 0 Å². The van der Waals surface area contributed by atoms with Crippen LogP contribution in [0.15, 0.2) is 18.5 Å². The molecular formula is C10H12N4O. The lowest BCUT2D eigenvalue weighted by atomic mass is 10.1. The number of anilines is 2. The van der Waals surface area contributed by atoms with Crippen LogP contribution in [-0.2, 0) is 4.79 Å². The molecule has 0 bridgehead atoms. The molecule has 78 valence electrons. The number of nitrogens with zero attached hydrogens (tertiary/aromatic N) is 2. The first-order chi connectivity index (χ1) is 7.34. The average molecular weight is 204 g/mol.